The van der Waals surface area contributed by atoms with Gasteiger partial charge in [0.25, 0.3) is 0 Å². The van der Waals surface area contributed by atoms with Gasteiger partial charge in [0.1, 0.15) is 11.5 Å². The van der Waals surface area contributed by atoms with Crippen molar-refractivity contribution in [1.29, 1.82) is 0 Å². The first-order valence-electron chi connectivity index (χ1n) is 6.97. The Hall–Kier alpha value is -2.36. The summed E-state index contributed by atoms with van der Waals surface area (Å²) >= 11 is 0. The number of fused-ring (bicyclic) bond motifs is 1. The van der Waals surface area contributed by atoms with E-state index >= 15 is 0 Å². The number of phenols is 1. The molecule has 0 saturated carbocycles. The number of benzene rings is 1. The van der Waals surface area contributed by atoms with Crippen LogP contribution in [0, 0.1) is 5.92 Å². The highest BCUT2D eigenvalue weighted by Crippen LogP contribution is 2.37. The number of nitrogens with one attached hydrogen (secondary N) is 1. The maximum Gasteiger partial charge on any atom is 0.158 e. The van der Waals surface area contributed by atoms with Gasteiger partial charge in [0.2, 0.25) is 0 Å². The molecule has 4 heteroatoms. The Morgan fingerprint density at radius 3 is 2.62 bits per heavy atom. The van der Waals surface area contributed by atoms with E-state index in [-0.39, 0.29) is 5.75 Å². The van der Waals surface area contributed by atoms with E-state index in [1.165, 1.54) is 11.3 Å². The van der Waals surface area contributed by atoms with Gasteiger partial charge in [0.15, 0.2) is 5.76 Å². The summed E-state index contributed by atoms with van der Waals surface area (Å²) in [4.78, 5) is 0. The highest BCUT2D eigenvalue weighted by Gasteiger charge is 2.31. The van der Waals surface area contributed by atoms with E-state index in [0.717, 1.165) is 30.0 Å². The van der Waals surface area contributed by atoms with E-state index in [2.05, 4.69) is 11.4 Å². The summed E-state index contributed by atoms with van der Waals surface area (Å²) < 4.78 is 10.8. The van der Waals surface area contributed by atoms with Crippen LogP contribution in [0.1, 0.15) is 12.0 Å². The average molecular weight is 285 g/mol. The summed E-state index contributed by atoms with van der Waals surface area (Å²) in [5.41, 5.74) is 3.58. The van der Waals surface area contributed by atoms with Crippen LogP contribution in [0.2, 0.25) is 0 Å². The first kappa shape index (κ1) is 13.6. The largest absolute Gasteiger partial charge is 0.508 e. The van der Waals surface area contributed by atoms with Crippen LogP contribution in [-0.2, 0) is 9.47 Å². The normalized spacial score (nSPS) is 22.7. The van der Waals surface area contributed by atoms with E-state index in [1.54, 1.807) is 26.4 Å². The minimum absolute atomic E-state index is 0.286. The topological polar surface area (TPSA) is 50.7 Å². The minimum atomic E-state index is 0.286. The molecule has 1 heterocycles. The highest BCUT2D eigenvalue weighted by atomic mass is 16.5. The Morgan fingerprint density at radius 1 is 1.19 bits per heavy atom. The van der Waals surface area contributed by atoms with Gasteiger partial charge in [-0.15, -0.1) is 0 Å². The van der Waals surface area contributed by atoms with E-state index in [1.807, 2.05) is 18.2 Å². The molecule has 4 nitrogen and oxygen atoms in total. The number of ether oxygens (including phenoxy) is 2. The fourth-order valence-electron chi connectivity index (χ4n) is 2.84. The zero-order valence-electron chi connectivity index (χ0n) is 12.2. The second-order valence-corrected chi connectivity index (χ2v) is 5.22. The molecule has 110 valence electrons. The molecule has 1 aliphatic heterocycles. The number of hydrogen-bond donors (Lipinski definition) is 2. The predicted molar refractivity (Wildman–Crippen MR) is 81.3 cm³/mol. The molecule has 1 aliphatic carbocycles. The van der Waals surface area contributed by atoms with E-state index in [4.69, 9.17) is 9.47 Å². The van der Waals surface area contributed by atoms with Gasteiger partial charge in [0, 0.05) is 30.7 Å². The zero-order valence-corrected chi connectivity index (χ0v) is 12.2. The Balaban J connectivity index is 1.87. The molecule has 0 bridgehead atoms. The molecule has 1 aromatic rings. The van der Waals surface area contributed by atoms with Crippen LogP contribution in [-0.4, -0.2) is 25.9 Å². The van der Waals surface area contributed by atoms with Crippen LogP contribution in [0.25, 0.3) is 6.08 Å². The number of hydrogen-bond acceptors (Lipinski definition) is 4. The second kappa shape index (κ2) is 5.56. The van der Waals surface area contributed by atoms with Gasteiger partial charge in [0.05, 0.1) is 14.2 Å². The molecule has 3 rings (SSSR count). The van der Waals surface area contributed by atoms with Gasteiger partial charge < -0.3 is 19.9 Å². The summed E-state index contributed by atoms with van der Waals surface area (Å²) in [7, 11) is 3.34. The second-order valence-electron chi connectivity index (χ2n) is 5.22. The molecule has 0 spiro atoms. The lowest BCUT2D eigenvalue weighted by Gasteiger charge is -2.22. The van der Waals surface area contributed by atoms with Crippen molar-refractivity contribution < 1.29 is 14.6 Å². The lowest BCUT2D eigenvalue weighted by molar-refractivity contribution is 0.212. The van der Waals surface area contributed by atoms with Crippen LogP contribution in [0.5, 0.6) is 5.75 Å². The van der Waals surface area contributed by atoms with Gasteiger partial charge in [-0.3, -0.25) is 0 Å². The highest BCUT2D eigenvalue weighted by molar-refractivity contribution is 5.58. The van der Waals surface area contributed by atoms with Gasteiger partial charge in [-0.05, 0) is 23.3 Å². The van der Waals surface area contributed by atoms with Crippen LogP contribution in [0.4, 0.5) is 0 Å². The molecule has 0 aromatic heterocycles. The molecule has 2 N–H and O–H groups in total. The summed E-state index contributed by atoms with van der Waals surface area (Å²) in [6, 6.07) is 7.24. The van der Waals surface area contributed by atoms with Gasteiger partial charge in [-0.25, -0.2) is 0 Å². The van der Waals surface area contributed by atoms with Crippen LogP contribution >= 0.6 is 0 Å². The van der Waals surface area contributed by atoms with Crippen molar-refractivity contribution in [3.63, 3.8) is 0 Å². The number of methoxy groups -OCH3 is 2. The van der Waals surface area contributed by atoms with Gasteiger partial charge in [-0.2, -0.15) is 0 Å². The summed E-state index contributed by atoms with van der Waals surface area (Å²) in [5, 5.41) is 12.8. The predicted octanol–water partition coefficient (Wildman–Crippen LogP) is 2.79. The smallest absolute Gasteiger partial charge is 0.158 e. The standard InChI is InChI=1S/C17H19NO3/c1-20-16-8-14-12(7-11-3-5-13(19)6-4-11)10-18-15(14)9-17(16)21-2/h3-7,9,14,18-19H,8,10H2,1-2H3. The third-order valence-corrected chi connectivity index (χ3v) is 3.98. The lowest BCUT2D eigenvalue weighted by atomic mass is 9.90. The van der Waals surface area contributed by atoms with E-state index < -0.39 is 0 Å². The molecule has 0 radical (unpaired) electrons. The van der Waals surface area contributed by atoms with Crippen molar-refractivity contribution >= 4 is 6.08 Å². The summed E-state index contributed by atoms with van der Waals surface area (Å²) in [5.74, 6) is 2.27. The van der Waals surface area contributed by atoms with Crippen molar-refractivity contribution in [2.75, 3.05) is 20.8 Å². The maximum atomic E-state index is 9.35. The van der Waals surface area contributed by atoms with Gasteiger partial charge >= 0.3 is 0 Å². The first-order chi connectivity index (χ1) is 10.2. The average Bonchev–Trinajstić information content (AvgIpc) is 2.90. The van der Waals surface area contributed by atoms with Crippen molar-refractivity contribution in [2.24, 2.45) is 5.92 Å². The van der Waals surface area contributed by atoms with E-state index in [0.29, 0.717) is 5.92 Å². The SMILES string of the molecule is COC1=C(OC)CC2C(=Cc3ccc(O)cc3)CNC2=C1. The van der Waals surface area contributed by atoms with Crippen LogP contribution in [0.15, 0.2) is 53.1 Å². The Labute approximate surface area is 124 Å². The fourth-order valence-corrected chi connectivity index (χ4v) is 2.84. The zero-order chi connectivity index (χ0) is 14.8. The Bertz CT molecular complexity index is 626. The minimum Gasteiger partial charge on any atom is -0.508 e. The number of phenolic OH excluding ortho intramolecular Hbond substituents is 1. The molecular formula is C17H19NO3. The van der Waals surface area contributed by atoms with Crippen molar-refractivity contribution in [3.05, 3.63) is 58.7 Å². The summed E-state index contributed by atoms with van der Waals surface area (Å²) in [6.45, 7) is 0.825. The molecule has 0 amide bonds. The molecule has 1 aromatic carbocycles. The quantitative estimate of drug-likeness (QED) is 0.896. The number of rotatable bonds is 3. The fraction of sp³-hybridized carbons (Fsp3) is 0.294. The van der Waals surface area contributed by atoms with Crippen molar-refractivity contribution in [3.8, 4) is 5.75 Å². The number of allylic oxidation sites excluding steroid dienone is 3. The van der Waals surface area contributed by atoms with Crippen LogP contribution < -0.4 is 5.32 Å². The number of aromatic hydroxyl groups is 1. The molecule has 21 heavy (non-hydrogen) atoms. The Morgan fingerprint density at radius 2 is 1.95 bits per heavy atom. The molecule has 2 aliphatic rings. The molecule has 1 unspecified atom stereocenters. The molecular weight excluding hydrogens is 266 g/mol. The van der Waals surface area contributed by atoms with Gasteiger partial charge in [-0.1, -0.05) is 18.2 Å². The monoisotopic (exact) mass is 285 g/mol. The molecule has 1 fully saturated rings. The maximum absolute atomic E-state index is 9.35. The van der Waals surface area contributed by atoms with E-state index in [9.17, 15) is 5.11 Å². The lowest BCUT2D eigenvalue weighted by Crippen LogP contribution is -2.14. The molecule has 1 atom stereocenters. The third kappa shape index (κ3) is 2.61. The third-order valence-electron chi connectivity index (χ3n) is 3.98. The van der Waals surface area contributed by atoms with Crippen molar-refractivity contribution in [1.82, 2.24) is 5.32 Å². The van der Waals surface area contributed by atoms with Crippen LogP contribution in [0.3, 0.4) is 0 Å². The Kier molecular flexibility index (Phi) is 3.60. The summed E-state index contributed by atoms with van der Waals surface area (Å²) in [6.07, 6.45) is 5.00. The first-order valence-corrected chi connectivity index (χ1v) is 6.97. The van der Waals surface area contributed by atoms with Crippen molar-refractivity contribution in [2.45, 2.75) is 6.42 Å². The molecule has 1 saturated heterocycles.